The molecule has 11 heteroatoms. The van der Waals surface area contributed by atoms with Crippen molar-refractivity contribution in [2.75, 3.05) is 24.7 Å². The number of carbonyl (C=O) groups is 1. The summed E-state index contributed by atoms with van der Waals surface area (Å²) < 4.78 is 3.45. The standard InChI is InChI=1S/C21H20ClN5O3S.Na/c1-25(9-10-26-8-7-23-12-26)16-6-4-14-19(30)13-3-5-15(22)20(31-2)18(13)27(11-17(28)29)21(14)24-16;/h3-8,12H,9-11H2,1-2H3,(H,28,29);/q;+1/p-1. The molecule has 0 unspecified atom stereocenters. The van der Waals surface area contributed by atoms with Gasteiger partial charge in [-0.1, -0.05) is 11.6 Å². The molecule has 0 radical (unpaired) electrons. The van der Waals surface area contributed by atoms with Gasteiger partial charge in [0.15, 0.2) is 5.43 Å². The number of hydrogen-bond acceptors (Lipinski definition) is 7. The number of aromatic nitrogens is 4. The largest absolute Gasteiger partial charge is 1.00 e. The number of benzene rings is 1. The number of imidazole rings is 1. The number of rotatable bonds is 7. The molecule has 3 heterocycles. The molecule has 0 bridgehead atoms. The second-order valence-corrected chi connectivity index (χ2v) is 8.25. The number of anilines is 1. The number of thioether (sulfide) groups is 1. The first-order chi connectivity index (χ1) is 14.9. The topological polar surface area (TPSA) is 96.1 Å². The molecule has 0 spiro atoms. The Hall–Kier alpha value is -2.04. The molecule has 0 aliphatic rings. The summed E-state index contributed by atoms with van der Waals surface area (Å²) in [4.78, 5) is 36.0. The van der Waals surface area contributed by atoms with Crippen LogP contribution in [0.1, 0.15) is 0 Å². The van der Waals surface area contributed by atoms with Crippen LogP contribution < -0.4 is 45.0 Å². The summed E-state index contributed by atoms with van der Waals surface area (Å²) in [6.45, 7) is 0.900. The van der Waals surface area contributed by atoms with Crippen LogP contribution in [0.25, 0.3) is 21.9 Å². The van der Waals surface area contributed by atoms with E-state index in [0.29, 0.717) is 45.1 Å². The normalized spacial score (nSPS) is 11.0. The minimum Gasteiger partial charge on any atom is -0.548 e. The molecule has 4 rings (SSSR count). The number of nitrogens with zero attached hydrogens (tertiary/aromatic N) is 5. The maximum absolute atomic E-state index is 13.2. The van der Waals surface area contributed by atoms with Gasteiger partial charge >= 0.3 is 29.6 Å². The third kappa shape index (κ3) is 4.67. The Labute approximate surface area is 215 Å². The number of pyridine rings is 2. The van der Waals surface area contributed by atoms with E-state index in [2.05, 4.69) is 9.97 Å². The fraction of sp³-hybridized carbons (Fsp3) is 0.238. The van der Waals surface area contributed by atoms with Crippen LogP contribution in [0.5, 0.6) is 0 Å². The Morgan fingerprint density at radius 1 is 1.25 bits per heavy atom. The number of hydrogen-bond donors (Lipinski definition) is 0. The van der Waals surface area contributed by atoms with Crippen molar-refractivity contribution in [2.45, 2.75) is 18.0 Å². The number of aliphatic carboxylic acids is 1. The summed E-state index contributed by atoms with van der Waals surface area (Å²) in [5.41, 5.74) is 0.519. The molecule has 0 aliphatic carbocycles. The van der Waals surface area contributed by atoms with Crippen molar-refractivity contribution in [1.29, 1.82) is 0 Å². The molecule has 0 atom stereocenters. The van der Waals surface area contributed by atoms with Crippen molar-refractivity contribution in [3.8, 4) is 0 Å². The van der Waals surface area contributed by atoms with Crippen molar-refractivity contribution >= 4 is 57.1 Å². The van der Waals surface area contributed by atoms with Gasteiger partial charge in [0.1, 0.15) is 11.5 Å². The molecule has 0 amide bonds. The minimum atomic E-state index is -1.28. The summed E-state index contributed by atoms with van der Waals surface area (Å²) in [6.07, 6.45) is 7.15. The molecule has 0 N–H and O–H groups in total. The maximum Gasteiger partial charge on any atom is 1.00 e. The van der Waals surface area contributed by atoms with Crippen LogP contribution in [0.2, 0.25) is 5.02 Å². The molecule has 4 aromatic rings. The van der Waals surface area contributed by atoms with Crippen LogP contribution in [0.3, 0.4) is 0 Å². The summed E-state index contributed by atoms with van der Waals surface area (Å²) in [6, 6.07) is 6.72. The smallest absolute Gasteiger partial charge is 0.548 e. The zero-order chi connectivity index (χ0) is 22.1. The van der Waals surface area contributed by atoms with Crippen molar-refractivity contribution in [3.63, 3.8) is 0 Å². The molecule has 0 aliphatic heterocycles. The monoisotopic (exact) mass is 479 g/mol. The predicted molar refractivity (Wildman–Crippen MR) is 121 cm³/mol. The van der Waals surface area contributed by atoms with Crippen molar-refractivity contribution in [1.82, 2.24) is 19.1 Å². The number of carboxylic acids is 1. The van der Waals surface area contributed by atoms with Gasteiger partial charge in [0.05, 0.1) is 39.7 Å². The third-order valence-electron chi connectivity index (χ3n) is 5.09. The molecule has 0 saturated carbocycles. The molecule has 3 aromatic heterocycles. The maximum atomic E-state index is 13.2. The van der Waals surface area contributed by atoms with Gasteiger partial charge in [0.25, 0.3) is 0 Å². The van der Waals surface area contributed by atoms with E-state index in [0.717, 1.165) is 0 Å². The van der Waals surface area contributed by atoms with Gasteiger partial charge in [-0.05, 0) is 30.5 Å². The van der Waals surface area contributed by atoms with Gasteiger partial charge in [-0.3, -0.25) is 4.79 Å². The summed E-state index contributed by atoms with van der Waals surface area (Å²) in [5, 5.41) is 12.8. The van der Waals surface area contributed by atoms with Crippen LogP contribution in [-0.2, 0) is 17.9 Å². The molecule has 32 heavy (non-hydrogen) atoms. The molecule has 0 saturated heterocycles. The molecular formula is C21H19ClN5NaO3S. The molecule has 0 fully saturated rings. The second kappa shape index (κ2) is 10.3. The van der Waals surface area contributed by atoms with E-state index < -0.39 is 12.5 Å². The SMILES string of the molecule is CSc1c(Cl)ccc2c(=O)c3ccc(N(C)CCn4ccnc4)nc3n(CC(=O)[O-])c12.[Na+]. The van der Waals surface area contributed by atoms with Gasteiger partial charge < -0.3 is 23.9 Å². The Balaban J connectivity index is 0.00000289. The summed E-state index contributed by atoms with van der Waals surface area (Å²) in [5.74, 6) is -0.662. The molecule has 1 aromatic carbocycles. The minimum absolute atomic E-state index is 0. The van der Waals surface area contributed by atoms with E-state index in [9.17, 15) is 14.7 Å². The van der Waals surface area contributed by atoms with Crippen molar-refractivity contribution in [2.24, 2.45) is 0 Å². The number of carbonyl (C=O) groups excluding carboxylic acids is 1. The Bertz CT molecular complexity index is 1340. The van der Waals surface area contributed by atoms with Gasteiger partial charge in [0, 0.05) is 37.9 Å². The Morgan fingerprint density at radius 2 is 2.00 bits per heavy atom. The first-order valence-electron chi connectivity index (χ1n) is 9.47. The fourth-order valence-electron chi connectivity index (χ4n) is 3.56. The fourth-order valence-corrected chi connectivity index (χ4v) is 4.62. The average Bonchev–Trinajstić information content (AvgIpc) is 3.28. The third-order valence-corrected chi connectivity index (χ3v) is 6.34. The number of fused-ring (bicyclic) bond motifs is 2. The van der Waals surface area contributed by atoms with E-state index in [-0.39, 0.29) is 40.6 Å². The van der Waals surface area contributed by atoms with E-state index >= 15 is 0 Å². The molecule has 160 valence electrons. The van der Waals surface area contributed by atoms with Crippen LogP contribution in [0.15, 0.2) is 52.7 Å². The average molecular weight is 480 g/mol. The van der Waals surface area contributed by atoms with E-state index in [1.165, 1.54) is 16.3 Å². The first kappa shape index (κ1) is 24.6. The zero-order valence-electron chi connectivity index (χ0n) is 17.9. The van der Waals surface area contributed by atoms with E-state index in [4.69, 9.17) is 11.6 Å². The molecular weight excluding hydrogens is 461 g/mol. The second-order valence-electron chi connectivity index (χ2n) is 7.03. The number of halogens is 1. The van der Waals surface area contributed by atoms with Crippen LogP contribution in [0, 0.1) is 0 Å². The molecule has 8 nitrogen and oxygen atoms in total. The van der Waals surface area contributed by atoms with E-state index in [1.807, 2.05) is 29.0 Å². The Morgan fingerprint density at radius 3 is 2.66 bits per heavy atom. The van der Waals surface area contributed by atoms with Gasteiger partial charge in [0.2, 0.25) is 0 Å². The van der Waals surface area contributed by atoms with Gasteiger partial charge in [-0.25, -0.2) is 9.97 Å². The number of likely N-dealkylation sites (N-methyl/N-ethyl adjacent to an activating group) is 1. The number of carboxylic acid groups (broad SMARTS) is 1. The quantitative estimate of drug-likeness (QED) is 0.191. The van der Waals surface area contributed by atoms with Crippen molar-refractivity contribution < 1.29 is 39.5 Å². The summed E-state index contributed by atoms with van der Waals surface area (Å²) in [7, 11) is 1.89. The Kier molecular flexibility index (Phi) is 7.89. The van der Waals surface area contributed by atoms with Crippen LogP contribution >= 0.6 is 23.4 Å². The first-order valence-corrected chi connectivity index (χ1v) is 11.1. The van der Waals surface area contributed by atoms with Gasteiger partial charge in [-0.2, -0.15) is 0 Å². The van der Waals surface area contributed by atoms with Crippen LogP contribution in [0.4, 0.5) is 5.82 Å². The van der Waals surface area contributed by atoms with Crippen molar-refractivity contribution in [3.05, 3.63) is 58.2 Å². The van der Waals surface area contributed by atoms with Crippen LogP contribution in [-0.4, -0.2) is 44.9 Å². The predicted octanol–water partition coefficient (Wildman–Crippen LogP) is -0.988. The summed E-state index contributed by atoms with van der Waals surface area (Å²) >= 11 is 7.70. The van der Waals surface area contributed by atoms with Gasteiger partial charge in [-0.15, -0.1) is 11.8 Å². The van der Waals surface area contributed by atoms with E-state index in [1.54, 1.807) is 36.8 Å². The zero-order valence-corrected chi connectivity index (χ0v) is 21.5.